The number of aryl methyl sites for hydroxylation is 1. The molecule has 0 unspecified atom stereocenters. The van der Waals surface area contributed by atoms with Crippen LogP contribution < -0.4 is 10.2 Å². The van der Waals surface area contributed by atoms with Gasteiger partial charge in [-0.3, -0.25) is 4.79 Å². The van der Waals surface area contributed by atoms with Gasteiger partial charge in [0.25, 0.3) is 0 Å². The molecule has 1 fully saturated rings. The average Bonchev–Trinajstić information content (AvgIpc) is 3.27. The Kier molecular flexibility index (Phi) is 6.69. The van der Waals surface area contributed by atoms with Crippen LogP contribution in [0.3, 0.4) is 0 Å². The summed E-state index contributed by atoms with van der Waals surface area (Å²) in [5.41, 5.74) is 3.07. The molecule has 1 N–H and O–H groups in total. The van der Waals surface area contributed by atoms with Gasteiger partial charge in [-0.1, -0.05) is 12.1 Å². The van der Waals surface area contributed by atoms with E-state index in [0.717, 1.165) is 24.2 Å². The van der Waals surface area contributed by atoms with Gasteiger partial charge in [0.1, 0.15) is 5.82 Å². The SMILES string of the molecule is O=C(CCc1ncc(-c2ccc(F)cc2)o1)NCc1ccc(N2CCSCC2)cc1. The van der Waals surface area contributed by atoms with Crippen LogP contribution in [-0.4, -0.2) is 35.5 Å². The molecule has 1 saturated heterocycles. The highest BCUT2D eigenvalue weighted by atomic mass is 32.2. The molecular formula is C23H24FN3O2S. The number of rotatable bonds is 7. The van der Waals surface area contributed by atoms with E-state index in [0.29, 0.717) is 31.0 Å². The highest BCUT2D eigenvalue weighted by Gasteiger charge is 2.12. The van der Waals surface area contributed by atoms with E-state index in [1.807, 2.05) is 11.8 Å². The fourth-order valence-corrected chi connectivity index (χ4v) is 4.23. The average molecular weight is 426 g/mol. The molecule has 7 heteroatoms. The Morgan fingerprint density at radius 3 is 2.57 bits per heavy atom. The van der Waals surface area contributed by atoms with Crippen LogP contribution in [0.1, 0.15) is 17.9 Å². The first-order chi connectivity index (χ1) is 14.7. The van der Waals surface area contributed by atoms with Gasteiger partial charge in [0.2, 0.25) is 5.91 Å². The summed E-state index contributed by atoms with van der Waals surface area (Å²) in [6.07, 6.45) is 2.31. The number of anilines is 1. The number of oxazole rings is 1. The maximum absolute atomic E-state index is 13.0. The molecule has 0 spiro atoms. The number of benzene rings is 2. The van der Waals surface area contributed by atoms with Crippen molar-refractivity contribution in [1.29, 1.82) is 0 Å². The fraction of sp³-hybridized carbons (Fsp3) is 0.304. The summed E-state index contributed by atoms with van der Waals surface area (Å²) in [5, 5.41) is 2.95. The van der Waals surface area contributed by atoms with Crippen LogP contribution in [0, 0.1) is 5.82 Å². The quantitative estimate of drug-likeness (QED) is 0.612. The van der Waals surface area contributed by atoms with Gasteiger partial charge in [-0.05, 0) is 42.0 Å². The van der Waals surface area contributed by atoms with E-state index in [-0.39, 0.29) is 11.7 Å². The summed E-state index contributed by atoms with van der Waals surface area (Å²) < 4.78 is 18.7. The summed E-state index contributed by atoms with van der Waals surface area (Å²) >= 11 is 2.00. The Bertz CT molecular complexity index is 967. The van der Waals surface area contributed by atoms with Crippen LogP contribution in [0.4, 0.5) is 10.1 Å². The smallest absolute Gasteiger partial charge is 0.220 e. The molecule has 0 aliphatic carbocycles. The molecule has 0 atom stereocenters. The van der Waals surface area contributed by atoms with Crippen molar-refractivity contribution in [2.75, 3.05) is 29.5 Å². The number of aromatic nitrogens is 1. The molecule has 156 valence electrons. The van der Waals surface area contributed by atoms with E-state index in [2.05, 4.69) is 39.5 Å². The number of carbonyl (C=O) groups is 1. The molecule has 3 aromatic rings. The number of hydrogen-bond acceptors (Lipinski definition) is 5. The largest absolute Gasteiger partial charge is 0.441 e. The van der Waals surface area contributed by atoms with Gasteiger partial charge < -0.3 is 14.6 Å². The minimum atomic E-state index is -0.296. The maximum Gasteiger partial charge on any atom is 0.220 e. The van der Waals surface area contributed by atoms with Crippen molar-refractivity contribution in [3.05, 3.63) is 72.0 Å². The topological polar surface area (TPSA) is 58.4 Å². The third-order valence-electron chi connectivity index (χ3n) is 5.05. The Hall–Kier alpha value is -2.80. The molecule has 0 bridgehead atoms. The molecule has 30 heavy (non-hydrogen) atoms. The van der Waals surface area contributed by atoms with E-state index in [1.54, 1.807) is 18.3 Å². The summed E-state index contributed by atoms with van der Waals surface area (Å²) in [7, 11) is 0. The summed E-state index contributed by atoms with van der Waals surface area (Å²) in [6.45, 7) is 2.68. The van der Waals surface area contributed by atoms with Crippen molar-refractivity contribution in [3.8, 4) is 11.3 Å². The second-order valence-electron chi connectivity index (χ2n) is 7.17. The molecule has 0 radical (unpaired) electrons. The molecule has 0 saturated carbocycles. The van der Waals surface area contributed by atoms with Crippen molar-refractivity contribution < 1.29 is 13.6 Å². The Morgan fingerprint density at radius 2 is 1.83 bits per heavy atom. The molecule has 4 rings (SSSR count). The Morgan fingerprint density at radius 1 is 1.10 bits per heavy atom. The second kappa shape index (κ2) is 9.80. The second-order valence-corrected chi connectivity index (χ2v) is 8.39. The summed E-state index contributed by atoms with van der Waals surface area (Å²) in [6, 6.07) is 14.4. The molecule has 5 nitrogen and oxygen atoms in total. The Balaban J connectivity index is 1.23. The van der Waals surface area contributed by atoms with E-state index < -0.39 is 0 Å². The highest BCUT2D eigenvalue weighted by molar-refractivity contribution is 7.99. The lowest BCUT2D eigenvalue weighted by molar-refractivity contribution is -0.121. The minimum Gasteiger partial charge on any atom is -0.441 e. The predicted molar refractivity (Wildman–Crippen MR) is 118 cm³/mol. The van der Waals surface area contributed by atoms with Gasteiger partial charge in [-0.15, -0.1) is 0 Å². The van der Waals surface area contributed by atoms with E-state index in [9.17, 15) is 9.18 Å². The van der Waals surface area contributed by atoms with Crippen LogP contribution in [-0.2, 0) is 17.8 Å². The molecule has 1 amide bonds. The molecule has 1 aromatic heterocycles. The van der Waals surface area contributed by atoms with Crippen LogP contribution >= 0.6 is 11.8 Å². The zero-order chi connectivity index (χ0) is 20.8. The van der Waals surface area contributed by atoms with Crippen LogP contribution in [0.25, 0.3) is 11.3 Å². The number of halogens is 1. The van der Waals surface area contributed by atoms with Gasteiger partial charge in [-0.2, -0.15) is 11.8 Å². The monoisotopic (exact) mass is 425 g/mol. The van der Waals surface area contributed by atoms with Crippen LogP contribution in [0.15, 0.2) is 59.1 Å². The first-order valence-corrected chi connectivity index (χ1v) is 11.2. The molecule has 1 aliphatic heterocycles. The third kappa shape index (κ3) is 5.42. The van der Waals surface area contributed by atoms with Gasteiger partial charge in [0.15, 0.2) is 11.7 Å². The predicted octanol–water partition coefficient (Wildman–Crippen LogP) is 4.28. The number of nitrogens with one attached hydrogen (secondary N) is 1. The standard InChI is InChI=1S/C23H24FN3O2S/c24-19-5-3-18(4-6-19)21-16-26-23(29-21)10-9-22(28)25-15-17-1-7-20(8-2-17)27-11-13-30-14-12-27/h1-8,16H,9-15H2,(H,25,28). The lowest BCUT2D eigenvalue weighted by atomic mass is 10.2. The van der Waals surface area contributed by atoms with Crippen molar-refractivity contribution in [1.82, 2.24) is 10.3 Å². The van der Waals surface area contributed by atoms with Gasteiger partial charge in [0, 0.05) is 55.2 Å². The van der Waals surface area contributed by atoms with Crippen molar-refractivity contribution in [3.63, 3.8) is 0 Å². The van der Waals surface area contributed by atoms with E-state index >= 15 is 0 Å². The fourth-order valence-electron chi connectivity index (χ4n) is 3.33. The number of thioether (sulfide) groups is 1. The minimum absolute atomic E-state index is 0.0475. The van der Waals surface area contributed by atoms with Crippen LogP contribution in [0.2, 0.25) is 0 Å². The van der Waals surface area contributed by atoms with Gasteiger partial charge in [0.05, 0.1) is 6.20 Å². The number of carbonyl (C=O) groups excluding carboxylic acids is 1. The van der Waals surface area contributed by atoms with Crippen LogP contribution in [0.5, 0.6) is 0 Å². The molecule has 2 aromatic carbocycles. The maximum atomic E-state index is 13.0. The van der Waals surface area contributed by atoms with E-state index in [4.69, 9.17) is 4.42 Å². The normalized spacial score (nSPS) is 14.0. The molecule has 2 heterocycles. The third-order valence-corrected chi connectivity index (χ3v) is 5.99. The number of nitrogens with zero attached hydrogens (tertiary/aromatic N) is 2. The zero-order valence-corrected chi connectivity index (χ0v) is 17.5. The zero-order valence-electron chi connectivity index (χ0n) is 16.6. The van der Waals surface area contributed by atoms with Gasteiger partial charge >= 0.3 is 0 Å². The first kappa shape index (κ1) is 20.5. The lowest BCUT2D eigenvalue weighted by Gasteiger charge is -2.28. The van der Waals surface area contributed by atoms with Crippen molar-refractivity contribution in [2.24, 2.45) is 0 Å². The molecule has 1 aliphatic rings. The van der Waals surface area contributed by atoms with Crippen molar-refractivity contribution >= 4 is 23.4 Å². The van der Waals surface area contributed by atoms with Crippen molar-refractivity contribution in [2.45, 2.75) is 19.4 Å². The van der Waals surface area contributed by atoms with E-state index in [1.165, 1.54) is 29.3 Å². The Labute approximate surface area is 179 Å². The summed E-state index contributed by atoms with van der Waals surface area (Å²) in [5.74, 6) is 3.07. The number of amides is 1. The van der Waals surface area contributed by atoms with Gasteiger partial charge in [-0.25, -0.2) is 9.37 Å². The number of hydrogen-bond donors (Lipinski definition) is 1. The molecular weight excluding hydrogens is 401 g/mol. The highest BCUT2D eigenvalue weighted by Crippen LogP contribution is 2.21. The first-order valence-electron chi connectivity index (χ1n) is 10.1. The lowest BCUT2D eigenvalue weighted by Crippen LogP contribution is -2.32. The summed E-state index contributed by atoms with van der Waals surface area (Å²) in [4.78, 5) is 18.8.